The maximum Gasteiger partial charge on any atom is 0.256 e. The number of carbonyl (C=O) groups excluding carboxylic acids is 1. The number of aromatic nitrogens is 2. The number of nitrogens with one attached hydrogen (secondary N) is 1. The highest BCUT2D eigenvalue weighted by atomic mass is 35.5. The first-order valence-corrected chi connectivity index (χ1v) is 7.18. The molecule has 0 fully saturated rings. The summed E-state index contributed by atoms with van der Waals surface area (Å²) >= 11 is 6.14. The molecule has 1 heterocycles. The van der Waals surface area contributed by atoms with Gasteiger partial charge in [0.1, 0.15) is 5.15 Å². The summed E-state index contributed by atoms with van der Waals surface area (Å²) in [4.78, 5) is 12.3. The molecule has 1 aromatic heterocycles. The van der Waals surface area contributed by atoms with Gasteiger partial charge in [-0.05, 0) is 18.8 Å². The van der Waals surface area contributed by atoms with Crippen LogP contribution in [-0.4, -0.2) is 32.9 Å². The maximum atomic E-state index is 12.3. The number of halogens is 1. The molecule has 0 aromatic carbocycles. The predicted molar refractivity (Wildman–Crippen MR) is 80.1 cm³/mol. The topological polar surface area (TPSA) is 67.2 Å². The Kier molecular flexibility index (Phi) is 5.21. The quantitative estimate of drug-likeness (QED) is 0.877. The molecule has 0 saturated heterocycles. The van der Waals surface area contributed by atoms with Crippen LogP contribution in [0.25, 0.3) is 0 Å². The Bertz CT molecular complexity index is 493. The van der Waals surface area contributed by atoms with Gasteiger partial charge in [-0.2, -0.15) is 5.10 Å². The first kappa shape index (κ1) is 17.0. The molecule has 0 aliphatic heterocycles. The first-order valence-electron chi connectivity index (χ1n) is 6.80. The number of aliphatic hydroxyl groups is 1. The van der Waals surface area contributed by atoms with Crippen molar-refractivity contribution in [3.05, 3.63) is 16.4 Å². The van der Waals surface area contributed by atoms with Crippen LogP contribution >= 0.6 is 11.6 Å². The molecule has 2 N–H and O–H groups in total. The summed E-state index contributed by atoms with van der Waals surface area (Å²) in [6, 6.07) is 0. The molecule has 1 atom stereocenters. The monoisotopic (exact) mass is 301 g/mol. The van der Waals surface area contributed by atoms with E-state index in [1.165, 1.54) is 4.68 Å². The van der Waals surface area contributed by atoms with Crippen molar-refractivity contribution in [2.24, 2.45) is 13.0 Å². The molecule has 1 rings (SSSR count). The third-order valence-electron chi connectivity index (χ3n) is 3.63. The smallest absolute Gasteiger partial charge is 0.256 e. The van der Waals surface area contributed by atoms with Crippen molar-refractivity contribution in [2.45, 2.75) is 46.1 Å². The normalized spacial score (nSPS) is 14.7. The van der Waals surface area contributed by atoms with Gasteiger partial charge < -0.3 is 10.4 Å². The van der Waals surface area contributed by atoms with Crippen molar-refractivity contribution in [2.75, 3.05) is 6.54 Å². The summed E-state index contributed by atoms with van der Waals surface area (Å²) in [6.45, 7) is 9.60. The standard InChI is InChI=1S/C14H24ClN3O2/c1-8(2)11-10(12(15)18(6)17-11)13(19)16-7-14(5,20)9(3)4/h8-9,20H,7H2,1-6H3,(H,16,19). The third-order valence-corrected chi connectivity index (χ3v) is 4.06. The Hall–Kier alpha value is -1.07. The van der Waals surface area contributed by atoms with E-state index in [-0.39, 0.29) is 24.3 Å². The first-order chi connectivity index (χ1) is 9.08. The number of hydrogen-bond acceptors (Lipinski definition) is 3. The molecule has 1 aromatic rings. The molecule has 6 heteroatoms. The summed E-state index contributed by atoms with van der Waals surface area (Å²) in [5.41, 5.74) is 0.102. The molecule has 1 amide bonds. The van der Waals surface area contributed by atoms with Crippen molar-refractivity contribution in [3.8, 4) is 0 Å². The Morgan fingerprint density at radius 2 is 2.00 bits per heavy atom. The number of carbonyl (C=O) groups is 1. The average Bonchev–Trinajstić information content (AvgIpc) is 2.63. The van der Waals surface area contributed by atoms with Crippen molar-refractivity contribution >= 4 is 17.5 Å². The second kappa shape index (κ2) is 6.14. The molecule has 0 saturated carbocycles. The van der Waals surface area contributed by atoms with Gasteiger partial charge in [-0.3, -0.25) is 9.48 Å². The molecule has 0 radical (unpaired) electrons. The minimum Gasteiger partial charge on any atom is -0.388 e. The van der Waals surface area contributed by atoms with E-state index in [4.69, 9.17) is 11.6 Å². The summed E-state index contributed by atoms with van der Waals surface area (Å²) in [5, 5.41) is 17.5. The van der Waals surface area contributed by atoms with E-state index in [2.05, 4.69) is 10.4 Å². The van der Waals surface area contributed by atoms with Crippen LogP contribution in [0.1, 0.15) is 56.6 Å². The fourth-order valence-corrected chi connectivity index (χ4v) is 1.91. The van der Waals surface area contributed by atoms with Gasteiger partial charge in [0.25, 0.3) is 5.91 Å². The van der Waals surface area contributed by atoms with E-state index in [0.29, 0.717) is 16.4 Å². The molecular weight excluding hydrogens is 278 g/mol. The fourth-order valence-electron chi connectivity index (χ4n) is 1.69. The van der Waals surface area contributed by atoms with Gasteiger partial charge in [0.05, 0.1) is 16.9 Å². The van der Waals surface area contributed by atoms with E-state index >= 15 is 0 Å². The van der Waals surface area contributed by atoms with E-state index in [1.54, 1.807) is 14.0 Å². The lowest BCUT2D eigenvalue weighted by atomic mass is 9.92. The molecule has 0 aliphatic rings. The van der Waals surface area contributed by atoms with E-state index < -0.39 is 5.60 Å². The molecule has 0 aliphatic carbocycles. The molecule has 0 spiro atoms. The van der Waals surface area contributed by atoms with Crippen LogP contribution in [0.2, 0.25) is 5.15 Å². The Morgan fingerprint density at radius 3 is 2.45 bits per heavy atom. The van der Waals surface area contributed by atoms with Crippen molar-refractivity contribution < 1.29 is 9.90 Å². The van der Waals surface area contributed by atoms with E-state index in [0.717, 1.165) is 0 Å². The number of rotatable bonds is 5. The number of amides is 1. The van der Waals surface area contributed by atoms with Gasteiger partial charge in [-0.15, -0.1) is 0 Å². The lowest BCUT2D eigenvalue weighted by Gasteiger charge is -2.27. The summed E-state index contributed by atoms with van der Waals surface area (Å²) < 4.78 is 1.49. The average molecular weight is 302 g/mol. The van der Waals surface area contributed by atoms with Gasteiger partial charge in [0.15, 0.2) is 0 Å². The lowest BCUT2D eigenvalue weighted by molar-refractivity contribution is 0.0142. The zero-order chi connectivity index (χ0) is 15.7. The van der Waals surface area contributed by atoms with Gasteiger partial charge in [-0.1, -0.05) is 39.3 Å². The molecule has 0 bridgehead atoms. The Balaban J connectivity index is 2.94. The number of hydrogen-bond donors (Lipinski definition) is 2. The largest absolute Gasteiger partial charge is 0.388 e. The zero-order valence-corrected chi connectivity index (χ0v) is 13.7. The van der Waals surface area contributed by atoms with Crippen molar-refractivity contribution in [1.82, 2.24) is 15.1 Å². The van der Waals surface area contributed by atoms with Gasteiger partial charge in [0, 0.05) is 13.6 Å². The van der Waals surface area contributed by atoms with E-state index in [9.17, 15) is 9.90 Å². The minimum absolute atomic E-state index is 0.0386. The maximum absolute atomic E-state index is 12.3. The molecule has 20 heavy (non-hydrogen) atoms. The highest BCUT2D eigenvalue weighted by Gasteiger charge is 2.28. The number of aryl methyl sites for hydroxylation is 1. The van der Waals surface area contributed by atoms with Gasteiger partial charge in [-0.25, -0.2) is 0 Å². The van der Waals surface area contributed by atoms with Gasteiger partial charge in [0.2, 0.25) is 0 Å². The molecule has 5 nitrogen and oxygen atoms in total. The van der Waals surface area contributed by atoms with Crippen LogP contribution in [0.4, 0.5) is 0 Å². The third kappa shape index (κ3) is 3.52. The second-order valence-electron chi connectivity index (χ2n) is 6.02. The van der Waals surface area contributed by atoms with Gasteiger partial charge >= 0.3 is 0 Å². The minimum atomic E-state index is -0.956. The van der Waals surface area contributed by atoms with E-state index in [1.807, 2.05) is 27.7 Å². The van der Waals surface area contributed by atoms with Crippen molar-refractivity contribution in [1.29, 1.82) is 0 Å². The molecule has 1 unspecified atom stereocenters. The second-order valence-corrected chi connectivity index (χ2v) is 6.38. The molecular formula is C14H24ClN3O2. The highest BCUT2D eigenvalue weighted by molar-refractivity contribution is 6.33. The SMILES string of the molecule is CC(C)c1nn(C)c(Cl)c1C(=O)NCC(C)(O)C(C)C. The Labute approximate surface area is 125 Å². The van der Waals surface area contributed by atoms with Crippen LogP contribution in [0, 0.1) is 5.92 Å². The van der Waals surface area contributed by atoms with Crippen molar-refractivity contribution in [3.63, 3.8) is 0 Å². The van der Waals surface area contributed by atoms with Crippen LogP contribution in [0.5, 0.6) is 0 Å². The summed E-state index contributed by atoms with van der Waals surface area (Å²) in [6.07, 6.45) is 0. The summed E-state index contributed by atoms with van der Waals surface area (Å²) in [5.74, 6) is -0.162. The number of nitrogens with zero attached hydrogens (tertiary/aromatic N) is 2. The fraction of sp³-hybridized carbons (Fsp3) is 0.714. The van der Waals surface area contributed by atoms with Crippen LogP contribution in [0.15, 0.2) is 0 Å². The Morgan fingerprint density at radius 1 is 1.45 bits per heavy atom. The highest BCUT2D eigenvalue weighted by Crippen LogP contribution is 2.25. The molecule has 114 valence electrons. The van der Waals surface area contributed by atoms with Crippen LogP contribution in [0.3, 0.4) is 0 Å². The zero-order valence-electron chi connectivity index (χ0n) is 13.0. The lowest BCUT2D eigenvalue weighted by Crippen LogP contribution is -2.44. The predicted octanol–water partition coefficient (Wildman–Crippen LogP) is 2.33. The summed E-state index contributed by atoms with van der Waals surface area (Å²) in [7, 11) is 1.70. The van der Waals surface area contributed by atoms with Crippen LogP contribution in [-0.2, 0) is 7.05 Å². The van der Waals surface area contributed by atoms with Crippen LogP contribution < -0.4 is 5.32 Å².